The first-order chi connectivity index (χ1) is 7.43. The Morgan fingerprint density at radius 2 is 1.88 bits per heavy atom. The zero-order valence-corrected chi connectivity index (χ0v) is 12.7. The number of hydrogen-bond acceptors (Lipinski definition) is 3. The van der Waals surface area contributed by atoms with Gasteiger partial charge in [0.05, 0.1) is 5.36 Å². The normalized spacial score (nSPS) is 17.1. The average Bonchev–Trinajstić information content (AvgIpc) is 2.15. The van der Waals surface area contributed by atoms with E-state index >= 15 is 0 Å². The Morgan fingerprint density at radius 1 is 1.29 bits per heavy atom. The average molecular weight is 262 g/mol. The van der Waals surface area contributed by atoms with E-state index in [0.717, 1.165) is 4.31 Å². The first kappa shape index (κ1) is 14.5. The predicted molar refractivity (Wildman–Crippen MR) is 56.5 cm³/mol. The first-order valence-electron chi connectivity index (χ1n) is 4.84. The van der Waals surface area contributed by atoms with Crippen molar-refractivity contribution in [3.05, 3.63) is 34.8 Å². The number of rotatable bonds is 1. The first-order valence-corrected chi connectivity index (χ1v) is 6.24. The van der Waals surface area contributed by atoms with Crippen LogP contribution in [0.4, 0.5) is 0 Å². The molecule has 0 fully saturated rings. The van der Waals surface area contributed by atoms with Gasteiger partial charge in [-0.1, -0.05) is 18.2 Å². The van der Waals surface area contributed by atoms with E-state index in [2.05, 4.69) is 4.40 Å². The molecule has 0 atom stereocenters. The minimum absolute atomic E-state index is 0. The third kappa shape index (κ3) is 2.49. The van der Waals surface area contributed by atoms with E-state index in [0.29, 0.717) is 5.22 Å². The number of fused-ring (bicyclic) bond motifs is 1. The van der Waals surface area contributed by atoms with Crippen molar-refractivity contribution in [2.24, 2.45) is 4.40 Å². The maximum atomic E-state index is 12.0. The van der Waals surface area contributed by atoms with Crippen LogP contribution in [-0.4, -0.2) is 18.8 Å². The summed E-state index contributed by atoms with van der Waals surface area (Å²) < 4.78 is 27.9. The molecule has 1 aromatic rings. The molecule has 5 nitrogen and oxygen atoms in total. The number of nitrogens with zero attached hydrogens (tertiary/aromatic N) is 2. The molecular formula is C10H11N2NaO3S. The predicted octanol–water partition coefficient (Wildman–Crippen LogP) is -4.29. The molecule has 0 spiro atoms. The van der Waals surface area contributed by atoms with Gasteiger partial charge < -0.3 is 5.11 Å². The summed E-state index contributed by atoms with van der Waals surface area (Å²) in [5.41, 5.74) is 0. The zero-order chi connectivity index (χ0) is 11.9. The van der Waals surface area contributed by atoms with Crippen LogP contribution in [0.15, 0.2) is 28.7 Å². The molecule has 0 aliphatic carbocycles. The van der Waals surface area contributed by atoms with E-state index in [1.807, 2.05) is 0 Å². The third-order valence-corrected chi connectivity index (χ3v) is 3.78. The zero-order valence-electron chi connectivity index (χ0n) is 9.91. The van der Waals surface area contributed by atoms with Crippen molar-refractivity contribution in [2.45, 2.75) is 19.9 Å². The molecule has 2 rings (SSSR count). The second-order valence-electron chi connectivity index (χ2n) is 3.78. The van der Waals surface area contributed by atoms with Crippen LogP contribution < -0.4 is 45.2 Å². The monoisotopic (exact) mass is 262 g/mol. The van der Waals surface area contributed by atoms with E-state index in [9.17, 15) is 13.5 Å². The van der Waals surface area contributed by atoms with Crippen LogP contribution in [0.5, 0.6) is 0 Å². The van der Waals surface area contributed by atoms with E-state index in [1.165, 1.54) is 6.07 Å². The Morgan fingerprint density at radius 3 is 2.47 bits per heavy atom. The van der Waals surface area contributed by atoms with Gasteiger partial charge in [-0.05, 0) is 25.8 Å². The van der Waals surface area contributed by atoms with Gasteiger partial charge in [0.2, 0.25) is 0 Å². The Hall–Kier alpha value is -0.560. The van der Waals surface area contributed by atoms with Crippen LogP contribution >= 0.6 is 0 Å². The fraction of sp³-hybridized carbons (Fsp3) is 0.300. The molecule has 1 aliphatic heterocycles. The van der Waals surface area contributed by atoms with Crippen LogP contribution in [0.3, 0.4) is 0 Å². The molecule has 0 radical (unpaired) electrons. The minimum atomic E-state index is -3.88. The number of hydrogen-bond donors (Lipinski definition) is 0. The summed E-state index contributed by atoms with van der Waals surface area (Å²) in [4.78, 5) is 0. The molecular weight excluding hydrogens is 251 g/mol. The van der Waals surface area contributed by atoms with E-state index in [-0.39, 0.29) is 34.9 Å². The molecule has 86 valence electrons. The van der Waals surface area contributed by atoms with Crippen LogP contribution in [0.2, 0.25) is 0 Å². The van der Waals surface area contributed by atoms with Gasteiger partial charge in [-0.3, -0.25) is 4.31 Å². The van der Waals surface area contributed by atoms with Crippen molar-refractivity contribution < 1.29 is 43.1 Å². The molecule has 0 saturated heterocycles. The Labute approximate surface area is 122 Å². The van der Waals surface area contributed by atoms with Gasteiger partial charge in [0.25, 0.3) is 0 Å². The fourth-order valence-corrected chi connectivity index (χ4v) is 2.96. The molecule has 1 aromatic carbocycles. The number of benzene rings is 1. The molecule has 0 amide bonds. The molecule has 0 aromatic heterocycles. The van der Waals surface area contributed by atoms with Crippen LogP contribution in [0, 0.1) is 0 Å². The molecule has 17 heavy (non-hydrogen) atoms. The van der Waals surface area contributed by atoms with Gasteiger partial charge in [-0.2, -0.15) is 8.42 Å². The second-order valence-corrected chi connectivity index (χ2v) is 5.25. The van der Waals surface area contributed by atoms with Gasteiger partial charge in [0.1, 0.15) is 0 Å². The standard InChI is InChI=1S/C10H12N2O3S.Na/c1-7(2)12-10(13)8-5-3-4-6-9(8)11-16(12,14)15;/h3-7,13H,1-2H3;/q;+1/p-1. The van der Waals surface area contributed by atoms with E-state index in [4.69, 9.17) is 0 Å². The molecule has 1 heterocycles. The van der Waals surface area contributed by atoms with E-state index < -0.39 is 22.1 Å². The van der Waals surface area contributed by atoms with E-state index in [1.54, 1.807) is 32.0 Å². The SMILES string of the molecule is CC(C)N1C([O-])=c2ccccc2=NS1(=O)=O.[Na+]. The Kier molecular flexibility index (Phi) is 4.24. The summed E-state index contributed by atoms with van der Waals surface area (Å²) in [5.74, 6) is -0.513. The summed E-state index contributed by atoms with van der Waals surface area (Å²) >= 11 is 0. The summed E-state index contributed by atoms with van der Waals surface area (Å²) in [7, 11) is -3.88. The third-order valence-electron chi connectivity index (χ3n) is 2.27. The van der Waals surface area contributed by atoms with Crippen molar-refractivity contribution in [3.8, 4) is 0 Å². The van der Waals surface area contributed by atoms with Gasteiger partial charge in [0.15, 0.2) is 0 Å². The smallest absolute Gasteiger partial charge is 0.859 e. The molecule has 0 N–H and O–H groups in total. The summed E-state index contributed by atoms with van der Waals surface area (Å²) in [5, 5.41) is 12.5. The molecule has 7 heteroatoms. The van der Waals surface area contributed by atoms with Crippen LogP contribution in [-0.2, 0) is 10.2 Å². The fourth-order valence-electron chi connectivity index (χ4n) is 1.63. The van der Waals surface area contributed by atoms with Crippen molar-refractivity contribution >= 4 is 16.1 Å². The molecule has 0 saturated carbocycles. The molecule has 0 unspecified atom stereocenters. The maximum Gasteiger partial charge on any atom is 1.00 e. The largest absolute Gasteiger partial charge is 1.00 e. The topological polar surface area (TPSA) is 72.8 Å². The van der Waals surface area contributed by atoms with Crippen molar-refractivity contribution in [1.29, 1.82) is 0 Å². The quantitative estimate of drug-likeness (QED) is 0.481. The van der Waals surface area contributed by atoms with Crippen molar-refractivity contribution in [2.75, 3.05) is 0 Å². The van der Waals surface area contributed by atoms with Crippen molar-refractivity contribution in [3.63, 3.8) is 0 Å². The van der Waals surface area contributed by atoms with Gasteiger partial charge >= 0.3 is 39.8 Å². The van der Waals surface area contributed by atoms with Crippen LogP contribution in [0.25, 0.3) is 5.88 Å². The summed E-state index contributed by atoms with van der Waals surface area (Å²) in [6.07, 6.45) is 0. The van der Waals surface area contributed by atoms with Gasteiger partial charge in [-0.25, -0.2) is 0 Å². The molecule has 0 bridgehead atoms. The Balaban J connectivity index is 0.00000144. The Bertz CT molecular complexity index is 640. The summed E-state index contributed by atoms with van der Waals surface area (Å²) in [6.45, 7) is 3.28. The minimum Gasteiger partial charge on any atom is -0.859 e. The van der Waals surface area contributed by atoms with Crippen molar-refractivity contribution in [1.82, 2.24) is 4.31 Å². The molecule has 1 aliphatic rings. The van der Waals surface area contributed by atoms with Gasteiger partial charge in [0, 0.05) is 11.3 Å². The van der Waals surface area contributed by atoms with Crippen LogP contribution in [0.1, 0.15) is 13.8 Å². The summed E-state index contributed by atoms with van der Waals surface area (Å²) in [6, 6.07) is 5.99. The van der Waals surface area contributed by atoms with Gasteiger partial charge in [-0.15, -0.1) is 4.40 Å². The maximum absolute atomic E-state index is 12.0. The second kappa shape index (κ2) is 4.97.